The third kappa shape index (κ3) is 3.13. The summed E-state index contributed by atoms with van der Waals surface area (Å²) in [6.45, 7) is 1.49. The van der Waals surface area contributed by atoms with Gasteiger partial charge < -0.3 is 4.90 Å². The van der Waals surface area contributed by atoms with Crippen molar-refractivity contribution in [1.29, 1.82) is 0 Å². The largest absolute Gasteiger partial charge is 0.336 e. The summed E-state index contributed by atoms with van der Waals surface area (Å²) in [4.78, 5) is 14.0. The van der Waals surface area contributed by atoms with E-state index < -0.39 is 10.0 Å². The van der Waals surface area contributed by atoms with E-state index in [1.165, 1.54) is 27.0 Å². The molecule has 0 radical (unpaired) electrons. The molecule has 118 valence electrons. The van der Waals surface area contributed by atoms with Crippen LogP contribution in [0, 0.1) is 0 Å². The third-order valence-corrected chi connectivity index (χ3v) is 8.11. The second-order valence-corrected chi connectivity index (χ2v) is 10.2. The van der Waals surface area contributed by atoms with Gasteiger partial charge in [0.15, 0.2) is 0 Å². The van der Waals surface area contributed by atoms with E-state index in [9.17, 15) is 13.2 Å². The molecular formula is C13H13BrN2O3S3. The zero-order chi connectivity index (χ0) is 15.7. The van der Waals surface area contributed by atoms with Crippen LogP contribution in [0.15, 0.2) is 37.0 Å². The van der Waals surface area contributed by atoms with Gasteiger partial charge in [-0.25, -0.2) is 8.42 Å². The fourth-order valence-electron chi connectivity index (χ4n) is 2.26. The molecule has 1 fully saturated rings. The molecule has 0 unspecified atom stereocenters. The molecule has 1 aliphatic rings. The number of sulfonamides is 1. The predicted molar refractivity (Wildman–Crippen MR) is 91.0 cm³/mol. The quantitative estimate of drug-likeness (QED) is 0.766. The molecule has 0 bridgehead atoms. The van der Waals surface area contributed by atoms with Gasteiger partial charge in [0.2, 0.25) is 0 Å². The van der Waals surface area contributed by atoms with Gasteiger partial charge >= 0.3 is 0 Å². The van der Waals surface area contributed by atoms with Gasteiger partial charge in [-0.05, 0) is 39.5 Å². The first-order valence-electron chi connectivity index (χ1n) is 6.55. The van der Waals surface area contributed by atoms with Crippen LogP contribution in [0.2, 0.25) is 0 Å². The van der Waals surface area contributed by atoms with Crippen molar-refractivity contribution in [1.82, 2.24) is 9.21 Å². The van der Waals surface area contributed by atoms with E-state index in [-0.39, 0.29) is 5.91 Å². The minimum absolute atomic E-state index is 0.0304. The summed E-state index contributed by atoms with van der Waals surface area (Å²) in [5, 5.41) is 3.68. The molecule has 0 N–H and O–H groups in total. The van der Waals surface area contributed by atoms with Crippen molar-refractivity contribution >= 4 is 54.5 Å². The van der Waals surface area contributed by atoms with E-state index in [0.29, 0.717) is 36.0 Å². The summed E-state index contributed by atoms with van der Waals surface area (Å²) in [6, 6.07) is 5.13. The van der Waals surface area contributed by atoms with Gasteiger partial charge in [0.1, 0.15) is 4.21 Å². The Labute approximate surface area is 145 Å². The lowest BCUT2D eigenvalue weighted by Crippen LogP contribution is -2.50. The van der Waals surface area contributed by atoms with E-state index in [1.54, 1.807) is 23.1 Å². The Morgan fingerprint density at radius 2 is 1.86 bits per heavy atom. The molecule has 0 spiro atoms. The standard InChI is InChI=1S/C13H13BrN2O3S3/c14-11-1-2-12(21-11)22(18,19)16-6-4-15(5-7-16)13(17)10-3-8-20-9-10/h1-3,8-9H,4-7H2. The first-order chi connectivity index (χ1) is 10.5. The maximum Gasteiger partial charge on any atom is 0.254 e. The van der Waals surface area contributed by atoms with Crippen molar-refractivity contribution in [2.75, 3.05) is 26.2 Å². The van der Waals surface area contributed by atoms with Gasteiger partial charge in [0, 0.05) is 31.6 Å². The lowest BCUT2D eigenvalue weighted by atomic mass is 10.2. The van der Waals surface area contributed by atoms with Crippen molar-refractivity contribution in [3.63, 3.8) is 0 Å². The number of nitrogens with zero attached hydrogens (tertiary/aromatic N) is 2. The average molecular weight is 421 g/mol. The smallest absolute Gasteiger partial charge is 0.254 e. The number of carbonyl (C=O) groups is 1. The molecule has 0 aromatic carbocycles. The molecule has 1 saturated heterocycles. The molecule has 0 atom stereocenters. The molecule has 3 rings (SSSR count). The number of hydrogen-bond donors (Lipinski definition) is 0. The number of piperazine rings is 1. The fourth-order valence-corrected chi connectivity index (χ4v) is 6.48. The number of thiophene rings is 2. The molecule has 9 heteroatoms. The van der Waals surface area contributed by atoms with Gasteiger partial charge in [-0.3, -0.25) is 4.79 Å². The maximum absolute atomic E-state index is 12.5. The number of hydrogen-bond acceptors (Lipinski definition) is 5. The van der Waals surface area contributed by atoms with Gasteiger partial charge in [0.25, 0.3) is 15.9 Å². The van der Waals surface area contributed by atoms with Crippen LogP contribution in [0.5, 0.6) is 0 Å². The summed E-state index contributed by atoms with van der Waals surface area (Å²) in [5.41, 5.74) is 0.670. The van der Waals surface area contributed by atoms with Crippen molar-refractivity contribution < 1.29 is 13.2 Å². The van der Waals surface area contributed by atoms with E-state index in [2.05, 4.69) is 15.9 Å². The van der Waals surface area contributed by atoms with E-state index in [1.807, 2.05) is 10.8 Å². The minimum atomic E-state index is -3.46. The van der Waals surface area contributed by atoms with Crippen molar-refractivity contribution in [3.8, 4) is 0 Å². The number of rotatable bonds is 3. The van der Waals surface area contributed by atoms with Gasteiger partial charge in [-0.15, -0.1) is 11.3 Å². The molecule has 0 saturated carbocycles. The van der Waals surface area contributed by atoms with Crippen LogP contribution in [0.4, 0.5) is 0 Å². The molecule has 2 aromatic rings. The predicted octanol–water partition coefficient (Wildman–Crippen LogP) is 2.72. The highest BCUT2D eigenvalue weighted by molar-refractivity contribution is 9.11. The topological polar surface area (TPSA) is 57.7 Å². The number of amides is 1. The number of carbonyl (C=O) groups excluding carboxylic acids is 1. The van der Waals surface area contributed by atoms with Crippen LogP contribution >= 0.6 is 38.6 Å². The second-order valence-electron chi connectivity index (χ2n) is 4.77. The molecular weight excluding hydrogens is 408 g/mol. The van der Waals surface area contributed by atoms with Gasteiger partial charge in [-0.1, -0.05) is 0 Å². The lowest BCUT2D eigenvalue weighted by molar-refractivity contribution is 0.0698. The highest BCUT2D eigenvalue weighted by Crippen LogP contribution is 2.29. The normalized spacial score (nSPS) is 16.9. The Balaban J connectivity index is 1.68. The van der Waals surface area contributed by atoms with E-state index >= 15 is 0 Å². The Hall–Kier alpha value is -0.740. The lowest BCUT2D eigenvalue weighted by Gasteiger charge is -2.33. The first-order valence-corrected chi connectivity index (χ1v) is 10.5. The zero-order valence-corrected chi connectivity index (χ0v) is 15.5. The molecule has 3 heterocycles. The third-order valence-electron chi connectivity index (χ3n) is 3.44. The molecule has 22 heavy (non-hydrogen) atoms. The van der Waals surface area contributed by atoms with Crippen LogP contribution in [0.25, 0.3) is 0 Å². The Morgan fingerprint density at radius 1 is 1.14 bits per heavy atom. The molecule has 1 amide bonds. The number of halogens is 1. The highest BCUT2D eigenvalue weighted by Gasteiger charge is 2.31. The summed E-state index contributed by atoms with van der Waals surface area (Å²) in [6.07, 6.45) is 0. The van der Waals surface area contributed by atoms with Crippen LogP contribution in [0.3, 0.4) is 0 Å². The molecule has 0 aliphatic carbocycles. The zero-order valence-electron chi connectivity index (χ0n) is 11.4. The summed E-state index contributed by atoms with van der Waals surface area (Å²) < 4.78 is 27.6. The molecule has 1 aliphatic heterocycles. The van der Waals surface area contributed by atoms with Crippen molar-refractivity contribution in [2.45, 2.75) is 4.21 Å². The van der Waals surface area contributed by atoms with Gasteiger partial charge in [0.05, 0.1) is 9.35 Å². The maximum atomic E-state index is 12.5. The SMILES string of the molecule is O=C(c1ccsc1)N1CCN(S(=O)(=O)c2ccc(Br)s2)CC1. The Morgan fingerprint density at radius 3 is 2.41 bits per heavy atom. The van der Waals surface area contributed by atoms with Crippen LogP contribution in [0.1, 0.15) is 10.4 Å². The summed E-state index contributed by atoms with van der Waals surface area (Å²) in [7, 11) is -3.46. The van der Waals surface area contributed by atoms with Crippen molar-refractivity contribution in [3.05, 3.63) is 38.3 Å². The van der Waals surface area contributed by atoms with E-state index in [0.717, 1.165) is 3.79 Å². The summed E-state index contributed by atoms with van der Waals surface area (Å²) >= 11 is 5.96. The fraction of sp³-hybridized carbons (Fsp3) is 0.308. The van der Waals surface area contributed by atoms with Crippen LogP contribution < -0.4 is 0 Å². The average Bonchev–Trinajstić information content (AvgIpc) is 3.18. The Bertz CT molecular complexity index is 762. The van der Waals surface area contributed by atoms with E-state index in [4.69, 9.17) is 0 Å². The summed E-state index contributed by atoms with van der Waals surface area (Å²) in [5.74, 6) is -0.0304. The second kappa shape index (κ2) is 6.40. The first kappa shape index (κ1) is 16.1. The van der Waals surface area contributed by atoms with Gasteiger partial charge in [-0.2, -0.15) is 15.6 Å². The highest BCUT2D eigenvalue weighted by atomic mass is 79.9. The van der Waals surface area contributed by atoms with Crippen LogP contribution in [-0.4, -0.2) is 49.7 Å². The van der Waals surface area contributed by atoms with Crippen LogP contribution in [-0.2, 0) is 10.0 Å². The van der Waals surface area contributed by atoms with Crippen molar-refractivity contribution in [2.24, 2.45) is 0 Å². The monoisotopic (exact) mass is 420 g/mol. The molecule has 5 nitrogen and oxygen atoms in total. The molecule has 2 aromatic heterocycles. The minimum Gasteiger partial charge on any atom is -0.336 e. The Kier molecular flexibility index (Phi) is 4.69.